The van der Waals surface area contributed by atoms with Crippen molar-refractivity contribution in [3.05, 3.63) is 70.8 Å². The topological polar surface area (TPSA) is 46.2 Å². The van der Waals surface area contributed by atoms with Gasteiger partial charge in [-0.2, -0.15) is 0 Å². The summed E-state index contributed by atoms with van der Waals surface area (Å²) in [6.07, 6.45) is 0.703. The lowest BCUT2D eigenvalue weighted by atomic mass is 9.91. The van der Waals surface area contributed by atoms with E-state index in [0.29, 0.717) is 17.5 Å². The number of amides is 1. The van der Waals surface area contributed by atoms with Crippen LogP contribution in [0, 0.1) is 5.92 Å². The van der Waals surface area contributed by atoms with E-state index in [2.05, 4.69) is 5.32 Å². The normalized spacial score (nSPS) is 23.4. The molecule has 4 rings (SSSR count). The largest absolute Gasteiger partial charge is 0.344 e. The summed E-state index contributed by atoms with van der Waals surface area (Å²) >= 11 is 0. The van der Waals surface area contributed by atoms with Gasteiger partial charge in [0.1, 0.15) is 0 Å². The van der Waals surface area contributed by atoms with E-state index in [1.807, 2.05) is 30.3 Å². The van der Waals surface area contributed by atoms with E-state index in [4.69, 9.17) is 0 Å². The summed E-state index contributed by atoms with van der Waals surface area (Å²) in [6.45, 7) is 0. The minimum atomic E-state index is -0.196. The minimum Gasteiger partial charge on any atom is -0.344 e. The molecule has 2 atom stereocenters. The fourth-order valence-electron chi connectivity index (χ4n) is 3.33. The average Bonchev–Trinajstić information content (AvgIpc) is 2.81. The standard InChI is InChI=1S/C17H13NO2/c19-16-12-7-3-4-8-13(12)17(20)18-15-11-6-2-1-5-10(11)9-14(15)16/h1-8,14-15H,9H2,(H,18,20)/t14-,15-/m1/s1. The SMILES string of the molecule is O=C1N[C@@H]2c3ccccc3C[C@H]2C(=O)c2ccccc21. The summed E-state index contributed by atoms with van der Waals surface area (Å²) in [5, 5.41) is 3.02. The average molecular weight is 263 g/mol. The van der Waals surface area contributed by atoms with E-state index < -0.39 is 0 Å². The molecule has 98 valence electrons. The summed E-state index contributed by atoms with van der Waals surface area (Å²) in [5.41, 5.74) is 3.28. The molecule has 0 fully saturated rings. The summed E-state index contributed by atoms with van der Waals surface area (Å²) < 4.78 is 0. The van der Waals surface area contributed by atoms with Crippen molar-refractivity contribution in [2.75, 3.05) is 0 Å². The van der Waals surface area contributed by atoms with Crippen LogP contribution < -0.4 is 5.32 Å². The Morgan fingerprint density at radius 3 is 2.45 bits per heavy atom. The first kappa shape index (κ1) is 11.4. The Labute approximate surface area is 116 Å². The summed E-state index contributed by atoms with van der Waals surface area (Å²) in [4.78, 5) is 25.1. The van der Waals surface area contributed by atoms with Crippen molar-refractivity contribution in [3.63, 3.8) is 0 Å². The Bertz CT molecular complexity index is 735. The quantitative estimate of drug-likeness (QED) is 0.794. The van der Waals surface area contributed by atoms with Crippen molar-refractivity contribution >= 4 is 11.7 Å². The molecule has 0 unspecified atom stereocenters. The number of hydrogen-bond donors (Lipinski definition) is 1. The zero-order valence-corrected chi connectivity index (χ0v) is 10.8. The summed E-state index contributed by atoms with van der Waals surface area (Å²) in [5.74, 6) is -0.265. The van der Waals surface area contributed by atoms with Gasteiger partial charge in [-0.1, -0.05) is 42.5 Å². The van der Waals surface area contributed by atoms with Gasteiger partial charge in [0.2, 0.25) is 0 Å². The van der Waals surface area contributed by atoms with Crippen LogP contribution in [0.1, 0.15) is 37.9 Å². The Morgan fingerprint density at radius 1 is 0.900 bits per heavy atom. The zero-order chi connectivity index (χ0) is 13.7. The van der Waals surface area contributed by atoms with Crippen molar-refractivity contribution in [1.29, 1.82) is 0 Å². The third kappa shape index (κ3) is 1.46. The molecule has 0 saturated carbocycles. The number of carbonyl (C=O) groups is 2. The number of benzene rings is 2. The second kappa shape index (κ2) is 4.04. The first-order valence-electron chi connectivity index (χ1n) is 6.77. The molecule has 2 aliphatic rings. The second-order valence-electron chi connectivity index (χ2n) is 5.37. The first-order chi connectivity index (χ1) is 9.75. The lowest BCUT2D eigenvalue weighted by Gasteiger charge is -2.17. The van der Waals surface area contributed by atoms with E-state index in [-0.39, 0.29) is 23.7 Å². The minimum absolute atomic E-state index is 0.0696. The van der Waals surface area contributed by atoms with Gasteiger partial charge in [0.05, 0.1) is 17.5 Å². The maximum Gasteiger partial charge on any atom is 0.252 e. The zero-order valence-electron chi connectivity index (χ0n) is 10.8. The van der Waals surface area contributed by atoms with Crippen molar-refractivity contribution in [3.8, 4) is 0 Å². The monoisotopic (exact) mass is 263 g/mol. The molecule has 3 nitrogen and oxygen atoms in total. The van der Waals surface area contributed by atoms with Gasteiger partial charge in [0, 0.05) is 5.56 Å². The van der Waals surface area contributed by atoms with Crippen molar-refractivity contribution in [2.45, 2.75) is 12.5 Å². The van der Waals surface area contributed by atoms with Gasteiger partial charge in [-0.15, -0.1) is 0 Å². The van der Waals surface area contributed by atoms with Crippen molar-refractivity contribution in [1.82, 2.24) is 5.32 Å². The molecule has 1 aliphatic carbocycles. The second-order valence-corrected chi connectivity index (χ2v) is 5.37. The number of ketones is 1. The highest BCUT2D eigenvalue weighted by atomic mass is 16.2. The fraction of sp³-hybridized carbons (Fsp3) is 0.176. The third-order valence-corrected chi connectivity index (χ3v) is 4.29. The van der Waals surface area contributed by atoms with Crippen LogP contribution in [-0.2, 0) is 6.42 Å². The van der Waals surface area contributed by atoms with Crippen LogP contribution in [0.4, 0.5) is 0 Å². The van der Waals surface area contributed by atoms with Gasteiger partial charge in [0.15, 0.2) is 5.78 Å². The smallest absolute Gasteiger partial charge is 0.252 e. The van der Waals surface area contributed by atoms with Gasteiger partial charge >= 0.3 is 0 Å². The van der Waals surface area contributed by atoms with Crippen LogP contribution in [0.3, 0.4) is 0 Å². The van der Waals surface area contributed by atoms with E-state index in [1.165, 1.54) is 0 Å². The van der Waals surface area contributed by atoms with Crippen LogP contribution in [0.2, 0.25) is 0 Å². The van der Waals surface area contributed by atoms with Gasteiger partial charge in [-0.3, -0.25) is 9.59 Å². The van der Waals surface area contributed by atoms with E-state index in [9.17, 15) is 9.59 Å². The summed E-state index contributed by atoms with van der Waals surface area (Å²) in [6, 6.07) is 14.9. The number of nitrogens with one attached hydrogen (secondary N) is 1. The molecule has 3 heteroatoms. The van der Waals surface area contributed by atoms with E-state index in [0.717, 1.165) is 11.1 Å². The van der Waals surface area contributed by atoms with Crippen LogP contribution >= 0.6 is 0 Å². The molecule has 1 N–H and O–H groups in total. The van der Waals surface area contributed by atoms with Crippen molar-refractivity contribution < 1.29 is 9.59 Å². The molecule has 0 radical (unpaired) electrons. The van der Waals surface area contributed by atoms with Crippen LogP contribution in [0.5, 0.6) is 0 Å². The van der Waals surface area contributed by atoms with Gasteiger partial charge < -0.3 is 5.32 Å². The first-order valence-corrected chi connectivity index (χ1v) is 6.77. The van der Waals surface area contributed by atoms with Crippen LogP contribution in [0.25, 0.3) is 0 Å². The molecular formula is C17H13NO2. The molecule has 0 bridgehead atoms. The Morgan fingerprint density at radius 2 is 1.60 bits per heavy atom. The lowest BCUT2D eigenvalue weighted by molar-refractivity contribution is 0.0887. The highest BCUT2D eigenvalue weighted by Crippen LogP contribution is 2.40. The highest BCUT2D eigenvalue weighted by Gasteiger charge is 2.41. The third-order valence-electron chi connectivity index (χ3n) is 4.29. The molecule has 0 saturated heterocycles. The highest BCUT2D eigenvalue weighted by molar-refractivity contribution is 6.11. The molecule has 1 heterocycles. The molecule has 1 amide bonds. The maximum atomic E-state index is 12.7. The molecule has 20 heavy (non-hydrogen) atoms. The number of carbonyl (C=O) groups excluding carboxylic acids is 2. The predicted molar refractivity (Wildman–Crippen MR) is 74.6 cm³/mol. The van der Waals surface area contributed by atoms with E-state index in [1.54, 1.807) is 18.2 Å². The molecule has 0 spiro atoms. The van der Waals surface area contributed by atoms with Crippen LogP contribution in [0.15, 0.2) is 48.5 Å². The number of hydrogen-bond acceptors (Lipinski definition) is 2. The maximum absolute atomic E-state index is 12.7. The lowest BCUT2D eigenvalue weighted by Crippen LogP contribution is -2.30. The van der Waals surface area contributed by atoms with Crippen molar-refractivity contribution in [2.24, 2.45) is 5.92 Å². The number of rotatable bonds is 0. The van der Waals surface area contributed by atoms with Gasteiger partial charge in [-0.25, -0.2) is 0 Å². The van der Waals surface area contributed by atoms with E-state index >= 15 is 0 Å². The van der Waals surface area contributed by atoms with Crippen LogP contribution in [-0.4, -0.2) is 11.7 Å². The molecule has 2 aromatic carbocycles. The van der Waals surface area contributed by atoms with Gasteiger partial charge in [0.25, 0.3) is 5.91 Å². The summed E-state index contributed by atoms with van der Waals surface area (Å²) in [7, 11) is 0. The Kier molecular flexibility index (Phi) is 2.30. The Balaban J connectivity index is 1.87. The van der Waals surface area contributed by atoms with Gasteiger partial charge in [-0.05, 0) is 23.6 Å². The fourth-order valence-corrected chi connectivity index (χ4v) is 3.33. The molecular weight excluding hydrogens is 250 g/mol. The number of fused-ring (bicyclic) bond motifs is 4. The number of Topliss-reactive ketones (excluding diaryl/α,β-unsaturated/α-hetero) is 1. The predicted octanol–water partition coefficient (Wildman–Crippen LogP) is 2.53. The molecule has 1 aliphatic heterocycles. The molecule has 0 aromatic heterocycles. The Hall–Kier alpha value is -2.42. The molecule has 2 aromatic rings.